The number of carbonyl (C=O) groups is 3. The average Bonchev–Trinajstić information content (AvgIpc) is 3.56. The molecule has 2 aliphatic heterocycles. The van der Waals surface area contributed by atoms with Crippen LogP contribution in [0.3, 0.4) is 0 Å². The number of imidazole rings is 1. The topological polar surface area (TPSA) is 209 Å². The van der Waals surface area contributed by atoms with Gasteiger partial charge in [-0.3, -0.25) is 14.5 Å². The molecule has 41 heavy (non-hydrogen) atoms. The number of β-lactam (4-membered cyclic amide) rings is 1. The van der Waals surface area contributed by atoms with Gasteiger partial charge in [0.25, 0.3) is 17.5 Å². The first-order valence-corrected chi connectivity index (χ1v) is 14.0. The molecule has 0 radical (unpaired) electrons. The van der Waals surface area contributed by atoms with Gasteiger partial charge in [-0.25, -0.2) is 4.57 Å². The summed E-state index contributed by atoms with van der Waals surface area (Å²) < 4.78 is 7.82. The Bertz CT molecular complexity index is 1540. The van der Waals surface area contributed by atoms with E-state index in [1.165, 1.54) is 18.9 Å². The first-order chi connectivity index (χ1) is 19.3. The number of carboxylic acids is 1. The van der Waals surface area contributed by atoms with Crippen LogP contribution in [0.4, 0.5) is 10.9 Å². The molecule has 0 aliphatic carbocycles. The smallest absolute Gasteiger partial charge is 0.288 e. The van der Waals surface area contributed by atoms with E-state index >= 15 is 0 Å². The number of aromatic nitrogens is 4. The molecule has 18 heteroatoms. The van der Waals surface area contributed by atoms with Gasteiger partial charge in [-0.2, -0.15) is 13.8 Å². The minimum absolute atomic E-state index is 0. The number of nitrogen functional groups attached to an aromatic ring is 1. The second kappa shape index (κ2) is 12.7. The number of aliphatic carboxylic acids is 1. The molecule has 6 N–H and O–H groups in total. The standard InChI is InChI=1S/C23H26N10O5S2.ClH/c1-38-29-15(18-28-23(25)40-30-18)19(34)27-16-20(35)33-17(22(36)37)12(11-39-21(16)33)10-31-8-9-32-13(26-7-3-6-24)4-2-5-14(31)32;/h2,4-5,8-9,16,21H,3,6-7,10-11,24H2,1H3,(H4,25,27,28,30,34,36,37);1H/b29-15-;/t16-,21+;/m1./s1. The van der Waals surface area contributed by atoms with E-state index in [0.29, 0.717) is 24.4 Å². The van der Waals surface area contributed by atoms with Gasteiger partial charge in [-0.15, -0.1) is 24.2 Å². The van der Waals surface area contributed by atoms with Crippen molar-refractivity contribution in [2.75, 3.05) is 37.0 Å². The number of carboxylic acid groups (broad SMARTS) is 1. The molecular formula is C23H27ClN10O5S2. The van der Waals surface area contributed by atoms with Crippen molar-refractivity contribution in [2.45, 2.75) is 24.4 Å². The summed E-state index contributed by atoms with van der Waals surface area (Å²) in [6.07, 6.45) is 4.54. The van der Waals surface area contributed by atoms with Gasteiger partial charge in [0.2, 0.25) is 11.5 Å². The molecule has 2 aliphatic rings. The summed E-state index contributed by atoms with van der Waals surface area (Å²) in [7, 11) is 1.25. The molecule has 1 saturated heterocycles. The number of anilines is 2. The summed E-state index contributed by atoms with van der Waals surface area (Å²) in [6, 6.07) is 4.77. The van der Waals surface area contributed by atoms with Gasteiger partial charge in [0.05, 0.1) is 11.7 Å². The zero-order chi connectivity index (χ0) is 28.4. The highest BCUT2D eigenvalue weighted by molar-refractivity contribution is 8.00. The molecule has 15 nitrogen and oxygen atoms in total. The number of hydrogen-bond donors (Lipinski definition) is 4. The Labute approximate surface area is 248 Å². The first kappa shape index (κ1) is 30.0. The molecule has 3 aromatic rings. The molecule has 2 amide bonds. The number of carbonyl (C=O) groups excluding carboxylic acids is 3. The first-order valence-electron chi connectivity index (χ1n) is 12.2. The van der Waals surface area contributed by atoms with Crippen molar-refractivity contribution in [3.05, 3.63) is 47.7 Å². The van der Waals surface area contributed by atoms with E-state index in [1.54, 1.807) is 0 Å². The highest BCUT2D eigenvalue weighted by atomic mass is 35.5. The van der Waals surface area contributed by atoms with Gasteiger partial charge in [-0.05, 0) is 19.0 Å². The van der Waals surface area contributed by atoms with Crippen molar-refractivity contribution >= 4 is 75.8 Å². The SMILES string of the molecule is CO/N=C(\C(=O)N[C@@H]1C(=O)N2C(C(=O)[O-])=C(C[n+]3ccn4c(NCCCN)cccc43)CS[C@@H]12)c1nsc(N)n1.Cl. The maximum atomic E-state index is 13.1. The zero-order valence-electron chi connectivity index (χ0n) is 21.7. The molecule has 2 atom stereocenters. The van der Waals surface area contributed by atoms with Crippen molar-refractivity contribution < 1.29 is 28.9 Å². The number of nitrogens with one attached hydrogen (secondary N) is 2. The number of hydrogen-bond acceptors (Lipinski definition) is 13. The molecule has 0 bridgehead atoms. The Morgan fingerprint density at radius 1 is 1.37 bits per heavy atom. The summed E-state index contributed by atoms with van der Waals surface area (Å²) in [6.45, 7) is 1.52. The number of rotatable bonds is 11. The highest BCUT2D eigenvalue weighted by Gasteiger charge is 2.53. The van der Waals surface area contributed by atoms with E-state index in [4.69, 9.17) is 16.3 Å². The monoisotopic (exact) mass is 622 g/mol. The quantitative estimate of drug-likeness (QED) is 0.0622. The van der Waals surface area contributed by atoms with Crippen LogP contribution in [0.25, 0.3) is 5.65 Å². The number of nitrogens with zero attached hydrogens (tertiary/aromatic N) is 6. The Morgan fingerprint density at radius 2 is 2.17 bits per heavy atom. The fraction of sp³-hybridized carbons (Fsp3) is 0.348. The van der Waals surface area contributed by atoms with Gasteiger partial charge in [0, 0.05) is 41.5 Å². The summed E-state index contributed by atoms with van der Waals surface area (Å²) in [5.41, 5.74) is 12.1. The van der Waals surface area contributed by atoms with Crippen LogP contribution in [0, 0.1) is 0 Å². The van der Waals surface area contributed by atoms with Crippen LogP contribution in [-0.2, 0) is 25.8 Å². The van der Waals surface area contributed by atoms with Gasteiger partial charge >= 0.3 is 0 Å². The second-order valence-electron chi connectivity index (χ2n) is 8.81. The third-order valence-corrected chi connectivity index (χ3v) is 8.20. The van der Waals surface area contributed by atoms with E-state index in [-0.39, 0.29) is 41.3 Å². The third-order valence-electron chi connectivity index (χ3n) is 6.32. The summed E-state index contributed by atoms with van der Waals surface area (Å²) in [5, 5.41) is 21.3. The molecule has 1 fully saturated rings. The van der Waals surface area contributed by atoms with Gasteiger partial charge in [0.1, 0.15) is 37.5 Å². The molecule has 0 spiro atoms. The Kier molecular flexibility index (Phi) is 9.31. The molecule has 3 aromatic heterocycles. The van der Waals surface area contributed by atoms with E-state index in [2.05, 4.69) is 25.1 Å². The lowest BCUT2D eigenvalue weighted by Crippen LogP contribution is -2.71. The summed E-state index contributed by atoms with van der Waals surface area (Å²) in [4.78, 5) is 48.1. The van der Waals surface area contributed by atoms with E-state index < -0.39 is 29.2 Å². The number of pyridine rings is 1. The molecule has 0 saturated carbocycles. The van der Waals surface area contributed by atoms with Crippen LogP contribution in [0.1, 0.15) is 12.2 Å². The Morgan fingerprint density at radius 3 is 2.85 bits per heavy atom. The van der Waals surface area contributed by atoms with Crippen molar-refractivity contribution in [2.24, 2.45) is 10.9 Å². The average molecular weight is 623 g/mol. The van der Waals surface area contributed by atoms with Crippen LogP contribution < -0.4 is 31.8 Å². The number of amides is 2. The normalized spacial score (nSPS) is 18.4. The van der Waals surface area contributed by atoms with Crippen LogP contribution >= 0.6 is 35.7 Å². The van der Waals surface area contributed by atoms with Gasteiger partial charge in [-0.1, -0.05) is 5.16 Å². The maximum absolute atomic E-state index is 13.1. The largest absolute Gasteiger partial charge is 0.543 e. The van der Waals surface area contributed by atoms with E-state index in [1.807, 2.05) is 39.6 Å². The molecule has 0 aromatic carbocycles. The fourth-order valence-corrected chi connectivity index (χ4v) is 6.30. The van der Waals surface area contributed by atoms with Crippen molar-refractivity contribution in [1.82, 2.24) is 24.0 Å². The third kappa shape index (κ3) is 5.79. The van der Waals surface area contributed by atoms with Crippen molar-refractivity contribution in [3.63, 3.8) is 0 Å². The number of nitrogens with two attached hydrogens (primary N) is 2. The van der Waals surface area contributed by atoms with Gasteiger partial charge in [0.15, 0.2) is 10.9 Å². The lowest BCUT2D eigenvalue weighted by molar-refractivity contribution is -0.662. The number of halogens is 1. The molecule has 5 rings (SSSR count). The van der Waals surface area contributed by atoms with Crippen LogP contribution in [0.5, 0.6) is 0 Å². The Hall–Kier alpha value is -3.93. The summed E-state index contributed by atoms with van der Waals surface area (Å²) in [5.74, 6) is -1.66. The zero-order valence-corrected chi connectivity index (χ0v) is 24.1. The number of fused-ring (bicyclic) bond motifs is 2. The highest BCUT2D eigenvalue weighted by Crippen LogP contribution is 2.40. The minimum Gasteiger partial charge on any atom is -0.543 e. The molecule has 5 heterocycles. The lowest BCUT2D eigenvalue weighted by atomic mass is 10.0. The Balaban J connectivity index is 0.00000387. The van der Waals surface area contributed by atoms with Crippen LogP contribution in [0.15, 0.2) is 47.0 Å². The number of thioether (sulfide) groups is 1. The number of oxime groups is 1. The fourth-order valence-electron chi connectivity index (χ4n) is 4.53. The minimum atomic E-state index is -1.46. The predicted octanol–water partition coefficient (Wildman–Crippen LogP) is -1.70. The summed E-state index contributed by atoms with van der Waals surface area (Å²) >= 11 is 2.22. The molecule has 0 unspecified atom stereocenters. The van der Waals surface area contributed by atoms with Crippen LogP contribution in [-0.4, -0.2) is 79.5 Å². The second-order valence-corrected chi connectivity index (χ2v) is 10.7. The van der Waals surface area contributed by atoms with E-state index in [0.717, 1.165) is 34.3 Å². The predicted molar refractivity (Wildman–Crippen MR) is 152 cm³/mol. The molecular weight excluding hydrogens is 596 g/mol. The van der Waals surface area contributed by atoms with E-state index in [9.17, 15) is 19.5 Å². The maximum Gasteiger partial charge on any atom is 0.288 e. The van der Waals surface area contributed by atoms with Crippen LogP contribution in [0.2, 0.25) is 0 Å². The molecule has 218 valence electrons. The van der Waals surface area contributed by atoms with Gasteiger partial charge < -0.3 is 36.8 Å². The lowest BCUT2D eigenvalue weighted by Gasteiger charge is -2.50. The van der Waals surface area contributed by atoms with Crippen molar-refractivity contribution in [3.8, 4) is 0 Å². The van der Waals surface area contributed by atoms with Crippen molar-refractivity contribution in [1.29, 1.82) is 0 Å².